The molecule has 0 aliphatic heterocycles. The van der Waals surface area contributed by atoms with Crippen molar-refractivity contribution in [1.29, 1.82) is 0 Å². The van der Waals surface area contributed by atoms with Crippen molar-refractivity contribution >= 4 is 16.9 Å². The van der Waals surface area contributed by atoms with E-state index in [9.17, 15) is 4.79 Å². The van der Waals surface area contributed by atoms with Gasteiger partial charge in [0.15, 0.2) is 5.12 Å². The Morgan fingerprint density at radius 1 is 1.62 bits per heavy atom. The number of carbonyl (C=O) groups is 1. The summed E-state index contributed by atoms with van der Waals surface area (Å²) < 4.78 is 0. The SMILES string of the molecule is CC(=O)SC(C)Cc1[c]cccc1. The topological polar surface area (TPSA) is 17.1 Å². The van der Waals surface area contributed by atoms with Gasteiger partial charge in [-0.05, 0) is 18.1 Å². The van der Waals surface area contributed by atoms with E-state index in [-0.39, 0.29) is 5.12 Å². The first-order valence-corrected chi connectivity index (χ1v) is 5.19. The number of hydrogen-bond donors (Lipinski definition) is 0. The van der Waals surface area contributed by atoms with E-state index in [1.807, 2.05) is 24.3 Å². The van der Waals surface area contributed by atoms with Gasteiger partial charge in [0, 0.05) is 12.2 Å². The molecule has 0 saturated heterocycles. The quantitative estimate of drug-likeness (QED) is 0.734. The van der Waals surface area contributed by atoms with E-state index in [4.69, 9.17) is 0 Å². The molecule has 0 spiro atoms. The van der Waals surface area contributed by atoms with Crippen molar-refractivity contribution in [2.45, 2.75) is 25.5 Å². The summed E-state index contributed by atoms with van der Waals surface area (Å²) >= 11 is 1.39. The van der Waals surface area contributed by atoms with E-state index in [0.29, 0.717) is 5.25 Å². The summed E-state index contributed by atoms with van der Waals surface area (Å²) in [6.07, 6.45) is 0.908. The highest BCUT2D eigenvalue weighted by Crippen LogP contribution is 2.15. The van der Waals surface area contributed by atoms with E-state index < -0.39 is 0 Å². The minimum absolute atomic E-state index is 0.184. The van der Waals surface area contributed by atoms with Crippen molar-refractivity contribution in [3.8, 4) is 0 Å². The summed E-state index contributed by atoms with van der Waals surface area (Å²) in [5.74, 6) is 0. The number of benzene rings is 1. The first-order valence-electron chi connectivity index (χ1n) is 4.31. The normalized spacial score (nSPS) is 12.5. The molecule has 0 aliphatic carbocycles. The Labute approximate surface area is 83.5 Å². The van der Waals surface area contributed by atoms with Gasteiger partial charge in [0.05, 0.1) is 0 Å². The third kappa shape index (κ3) is 4.13. The lowest BCUT2D eigenvalue weighted by Crippen LogP contribution is -2.03. The monoisotopic (exact) mass is 193 g/mol. The van der Waals surface area contributed by atoms with Crippen LogP contribution in [0.4, 0.5) is 0 Å². The molecule has 1 unspecified atom stereocenters. The summed E-state index contributed by atoms with van der Waals surface area (Å²) in [6.45, 7) is 3.67. The van der Waals surface area contributed by atoms with E-state index in [1.54, 1.807) is 6.92 Å². The molecule has 0 aromatic heterocycles. The second kappa shape index (κ2) is 5.07. The van der Waals surface area contributed by atoms with Crippen molar-refractivity contribution in [3.05, 3.63) is 35.9 Å². The summed E-state index contributed by atoms with van der Waals surface area (Å²) in [5.41, 5.74) is 1.17. The van der Waals surface area contributed by atoms with Crippen molar-refractivity contribution in [2.75, 3.05) is 0 Å². The predicted molar refractivity (Wildman–Crippen MR) is 56.7 cm³/mol. The molecule has 1 radical (unpaired) electrons. The Balaban J connectivity index is 2.45. The standard InChI is InChI=1S/C11H13OS/c1-9(13-10(2)12)8-11-6-4-3-5-7-11/h3-6,9H,8H2,1-2H3. The summed E-state index contributed by atoms with van der Waals surface area (Å²) in [7, 11) is 0. The summed E-state index contributed by atoms with van der Waals surface area (Å²) in [5, 5.41) is 0.527. The van der Waals surface area contributed by atoms with E-state index in [0.717, 1.165) is 6.42 Å². The molecule has 1 atom stereocenters. The minimum atomic E-state index is 0.184. The smallest absolute Gasteiger partial charge is 0.186 e. The number of rotatable bonds is 3. The molecule has 0 fully saturated rings. The molecule has 0 N–H and O–H groups in total. The number of carbonyl (C=O) groups excluding carboxylic acids is 1. The van der Waals surface area contributed by atoms with Gasteiger partial charge >= 0.3 is 0 Å². The van der Waals surface area contributed by atoms with Crippen molar-refractivity contribution in [1.82, 2.24) is 0 Å². The van der Waals surface area contributed by atoms with Crippen molar-refractivity contribution in [2.24, 2.45) is 0 Å². The van der Waals surface area contributed by atoms with Gasteiger partial charge in [0.25, 0.3) is 0 Å². The van der Waals surface area contributed by atoms with Gasteiger partial charge in [-0.15, -0.1) is 0 Å². The third-order valence-corrected chi connectivity index (χ3v) is 2.55. The van der Waals surface area contributed by atoms with Gasteiger partial charge in [-0.1, -0.05) is 43.0 Å². The molecule has 0 saturated carbocycles. The van der Waals surface area contributed by atoms with Gasteiger partial charge in [0.2, 0.25) is 0 Å². The maximum absolute atomic E-state index is 10.8. The highest BCUT2D eigenvalue weighted by Gasteiger charge is 2.06. The zero-order valence-corrected chi connectivity index (χ0v) is 8.73. The van der Waals surface area contributed by atoms with Crippen LogP contribution < -0.4 is 0 Å². The molecular weight excluding hydrogens is 180 g/mol. The Morgan fingerprint density at radius 2 is 2.38 bits per heavy atom. The number of thioether (sulfide) groups is 1. The van der Waals surface area contributed by atoms with E-state index >= 15 is 0 Å². The maximum atomic E-state index is 10.8. The molecule has 0 aliphatic rings. The van der Waals surface area contributed by atoms with Crippen LogP contribution in [0.1, 0.15) is 19.4 Å². The first-order chi connectivity index (χ1) is 6.18. The molecule has 13 heavy (non-hydrogen) atoms. The van der Waals surface area contributed by atoms with Crippen LogP contribution in [0.5, 0.6) is 0 Å². The number of hydrogen-bond acceptors (Lipinski definition) is 2. The lowest BCUT2D eigenvalue weighted by atomic mass is 10.1. The predicted octanol–water partition coefficient (Wildman–Crippen LogP) is 2.70. The zero-order valence-electron chi connectivity index (χ0n) is 7.91. The van der Waals surface area contributed by atoms with Crippen molar-refractivity contribution < 1.29 is 4.79 Å². The minimum Gasteiger partial charge on any atom is -0.288 e. The largest absolute Gasteiger partial charge is 0.288 e. The highest BCUT2D eigenvalue weighted by atomic mass is 32.2. The molecule has 0 heterocycles. The average molecular weight is 193 g/mol. The lowest BCUT2D eigenvalue weighted by molar-refractivity contribution is -0.109. The molecule has 0 amide bonds. The fourth-order valence-corrected chi connectivity index (χ4v) is 2.02. The molecule has 69 valence electrons. The van der Waals surface area contributed by atoms with Gasteiger partial charge in [-0.2, -0.15) is 0 Å². The molecule has 1 rings (SSSR count). The van der Waals surface area contributed by atoms with Crippen LogP contribution in [-0.4, -0.2) is 10.4 Å². The van der Waals surface area contributed by atoms with E-state index in [2.05, 4.69) is 13.0 Å². The Morgan fingerprint density at radius 3 is 2.92 bits per heavy atom. The Bertz CT molecular complexity index is 269. The molecule has 0 bridgehead atoms. The van der Waals surface area contributed by atoms with Crippen LogP contribution in [0.15, 0.2) is 24.3 Å². The van der Waals surface area contributed by atoms with Crippen LogP contribution in [-0.2, 0) is 11.2 Å². The van der Waals surface area contributed by atoms with Crippen molar-refractivity contribution in [3.63, 3.8) is 0 Å². The Hall–Kier alpha value is -0.760. The summed E-state index contributed by atoms with van der Waals surface area (Å²) in [6, 6.07) is 11.0. The van der Waals surface area contributed by atoms with Crippen LogP contribution in [0.3, 0.4) is 0 Å². The third-order valence-electron chi connectivity index (χ3n) is 1.65. The molecule has 2 heteroatoms. The molecule has 1 aromatic rings. The average Bonchev–Trinajstić information content (AvgIpc) is 2.04. The van der Waals surface area contributed by atoms with Crippen LogP contribution >= 0.6 is 11.8 Å². The molecule has 1 aromatic carbocycles. The highest BCUT2D eigenvalue weighted by molar-refractivity contribution is 8.14. The van der Waals surface area contributed by atoms with E-state index in [1.165, 1.54) is 17.3 Å². The lowest BCUT2D eigenvalue weighted by Gasteiger charge is -2.07. The van der Waals surface area contributed by atoms with Gasteiger partial charge in [0.1, 0.15) is 0 Å². The maximum Gasteiger partial charge on any atom is 0.186 e. The van der Waals surface area contributed by atoms with Crippen LogP contribution in [0, 0.1) is 6.07 Å². The second-order valence-corrected chi connectivity index (χ2v) is 4.63. The fraction of sp³-hybridized carbons (Fsp3) is 0.364. The second-order valence-electron chi connectivity index (χ2n) is 3.01. The molecule has 1 nitrogen and oxygen atoms in total. The van der Waals surface area contributed by atoms with Gasteiger partial charge < -0.3 is 0 Å². The first kappa shape index (κ1) is 10.3. The molecular formula is C11H13OS. The Kier molecular flexibility index (Phi) is 4.03. The fourth-order valence-electron chi connectivity index (χ4n) is 1.19. The zero-order chi connectivity index (χ0) is 9.68. The summed E-state index contributed by atoms with van der Waals surface area (Å²) in [4.78, 5) is 10.8. The van der Waals surface area contributed by atoms with Gasteiger partial charge in [-0.25, -0.2) is 0 Å². The van der Waals surface area contributed by atoms with Crippen LogP contribution in [0.25, 0.3) is 0 Å². The van der Waals surface area contributed by atoms with Crippen LogP contribution in [0.2, 0.25) is 0 Å². The van der Waals surface area contributed by atoms with Gasteiger partial charge in [-0.3, -0.25) is 4.79 Å².